The molecule has 3 rings (SSSR count). The number of aryl methyl sites for hydroxylation is 4. The van der Waals surface area contributed by atoms with E-state index >= 15 is 0 Å². The van der Waals surface area contributed by atoms with E-state index in [0.717, 1.165) is 28.0 Å². The molecule has 2 aromatic heterocycles. The predicted molar refractivity (Wildman–Crippen MR) is 89.7 cm³/mol. The van der Waals surface area contributed by atoms with Gasteiger partial charge >= 0.3 is 0 Å². The second kappa shape index (κ2) is 5.10. The van der Waals surface area contributed by atoms with Gasteiger partial charge in [-0.25, -0.2) is 4.98 Å². The number of anilines is 1. The summed E-state index contributed by atoms with van der Waals surface area (Å²) >= 11 is 0. The van der Waals surface area contributed by atoms with Crippen LogP contribution >= 0.6 is 0 Å². The van der Waals surface area contributed by atoms with Crippen molar-refractivity contribution >= 4 is 11.5 Å². The summed E-state index contributed by atoms with van der Waals surface area (Å²) in [4.78, 5) is 4.83. The molecule has 114 valence electrons. The van der Waals surface area contributed by atoms with Gasteiger partial charge in [-0.1, -0.05) is 17.7 Å². The molecule has 0 aliphatic carbocycles. The van der Waals surface area contributed by atoms with Crippen LogP contribution in [0.4, 0.5) is 5.82 Å². The Morgan fingerprint density at radius 1 is 1.05 bits per heavy atom. The molecule has 5 nitrogen and oxygen atoms in total. The zero-order valence-corrected chi connectivity index (χ0v) is 13.4. The minimum absolute atomic E-state index is 0.329. The van der Waals surface area contributed by atoms with Crippen LogP contribution in [0, 0.1) is 27.7 Å². The third kappa shape index (κ3) is 2.05. The molecule has 0 atom stereocenters. The Labute approximate surface area is 130 Å². The van der Waals surface area contributed by atoms with E-state index in [1.807, 2.05) is 6.92 Å². The summed E-state index contributed by atoms with van der Waals surface area (Å²) in [6, 6.07) is 4.32. The van der Waals surface area contributed by atoms with E-state index in [2.05, 4.69) is 38.0 Å². The van der Waals surface area contributed by atoms with E-state index in [0.29, 0.717) is 12.4 Å². The van der Waals surface area contributed by atoms with Crippen LogP contribution in [-0.4, -0.2) is 14.6 Å². The zero-order chi connectivity index (χ0) is 16.0. The fourth-order valence-electron chi connectivity index (χ4n) is 3.12. The molecule has 0 radical (unpaired) electrons. The van der Waals surface area contributed by atoms with Crippen LogP contribution < -0.4 is 11.5 Å². The molecule has 1 aromatic carbocycles. The van der Waals surface area contributed by atoms with Crippen molar-refractivity contribution in [1.29, 1.82) is 0 Å². The second-order valence-electron chi connectivity index (χ2n) is 5.87. The van der Waals surface area contributed by atoms with Crippen molar-refractivity contribution in [2.24, 2.45) is 5.73 Å². The van der Waals surface area contributed by atoms with E-state index in [9.17, 15) is 0 Å². The fraction of sp³-hybridized carbons (Fsp3) is 0.294. The molecule has 0 aliphatic rings. The van der Waals surface area contributed by atoms with Gasteiger partial charge in [0.15, 0.2) is 5.65 Å². The SMILES string of the molecule is Cc1cc(C)c(-c2nc3c(C)cnn3c(N)c2CN)c(C)c1. The number of benzene rings is 1. The van der Waals surface area contributed by atoms with Crippen molar-refractivity contribution in [3.05, 3.63) is 46.1 Å². The van der Waals surface area contributed by atoms with Crippen molar-refractivity contribution in [2.45, 2.75) is 34.2 Å². The molecule has 0 saturated heterocycles. The fourth-order valence-corrected chi connectivity index (χ4v) is 3.12. The summed E-state index contributed by atoms with van der Waals surface area (Å²) < 4.78 is 1.67. The van der Waals surface area contributed by atoms with Crippen molar-refractivity contribution in [1.82, 2.24) is 14.6 Å². The van der Waals surface area contributed by atoms with Gasteiger partial charge in [0, 0.05) is 23.2 Å². The quantitative estimate of drug-likeness (QED) is 0.761. The smallest absolute Gasteiger partial charge is 0.160 e. The van der Waals surface area contributed by atoms with Crippen LogP contribution in [-0.2, 0) is 6.54 Å². The first kappa shape index (κ1) is 14.5. The molecule has 0 amide bonds. The Morgan fingerprint density at radius 2 is 1.68 bits per heavy atom. The van der Waals surface area contributed by atoms with Gasteiger partial charge in [0.2, 0.25) is 0 Å². The molecule has 22 heavy (non-hydrogen) atoms. The highest BCUT2D eigenvalue weighted by atomic mass is 15.3. The third-order valence-corrected chi connectivity index (χ3v) is 4.08. The Kier molecular flexibility index (Phi) is 3.37. The van der Waals surface area contributed by atoms with Gasteiger partial charge in [-0.05, 0) is 38.8 Å². The Balaban J connectivity index is 2.42. The van der Waals surface area contributed by atoms with Crippen LogP contribution in [0.3, 0.4) is 0 Å². The largest absolute Gasteiger partial charge is 0.383 e. The highest BCUT2D eigenvalue weighted by Gasteiger charge is 2.18. The summed E-state index contributed by atoms with van der Waals surface area (Å²) in [5, 5.41) is 4.29. The lowest BCUT2D eigenvalue weighted by atomic mass is 9.94. The van der Waals surface area contributed by atoms with Crippen molar-refractivity contribution < 1.29 is 0 Å². The number of hydrogen-bond donors (Lipinski definition) is 2. The minimum Gasteiger partial charge on any atom is -0.383 e. The van der Waals surface area contributed by atoms with Crippen molar-refractivity contribution in [3.8, 4) is 11.3 Å². The van der Waals surface area contributed by atoms with Gasteiger partial charge < -0.3 is 11.5 Å². The lowest BCUT2D eigenvalue weighted by molar-refractivity contribution is 0.919. The van der Waals surface area contributed by atoms with Gasteiger partial charge in [-0.2, -0.15) is 9.61 Å². The minimum atomic E-state index is 0.329. The topological polar surface area (TPSA) is 82.2 Å². The summed E-state index contributed by atoms with van der Waals surface area (Å²) in [5.41, 5.74) is 20.4. The number of nitrogens with two attached hydrogens (primary N) is 2. The molecule has 0 spiro atoms. The molecule has 0 aliphatic heterocycles. The molecule has 3 aromatic rings. The number of nitrogens with zero attached hydrogens (tertiary/aromatic N) is 3. The number of rotatable bonds is 2. The molecule has 0 saturated carbocycles. The van der Waals surface area contributed by atoms with Gasteiger partial charge in [0.25, 0.3) is 0 Å². The first-order valence-corrected chi connectivity index (χ1v) is 7.35. The lowest BCUT2D eigenvalue weighted by Gasteiger charge is -2.16. The summed E-state index contributed by atoms with van der Waals surface area (Å²) in [6.45, 7) is 8.60. The first-order valence-electron chi connectivity index (χ1n) is 7.35. The highest BCUT2D eigenvalue weighted by Crippen LogP contribution is 2.32. The zero-order valence-electron chi connectivity index (χ0n) is 13.4. The number of hydrogen-bond acceptors (Lipinski definition) is 4. The van der Waals surface area contributed by atoms with Crippen LogP contribution in [0.25, 0.3) is 16.9 Å². The lowest BCUT2D eigenvalue weighted by Crippen LogP contribution is -2.12. The Morgan fingerprint density at radius 3 is 2.27 bits per heavy atom. The summed E-state index contributed by atoms with van der Waals surface area (Å²) in [7, 11) is 0. The van der Waals surface area contributed by atoms with E-state index in [-0.39, 0.29) is 0 Å². The molecule has 5 heteroatoms. The molecular formula is C17H21N5. The number of nitrogen functional groups attached to an aromatic ring is 1. The number of fused-ring (bicyclic) bond motifs is 1. The molecule has 4 N–H and O–H groups in total. The highest BCUT2D eigenvalue weighted by molar-refractivity contribution is 5.76. The average molecular weight is 295 g/mol. The van der Waals surface area contributed by atoms with Gasteiger partial charge in [0.05, 0.1) is 11.9 Å². The standard InChI is InChI=1S/C17H21N5/c1-9-5-10(2)14(11(3)6-9)15-13(7-18)16(19)22-17(21-15)12(4)8-20-22/h5-6,8H,7,18-19H2,1-4H3. The molecule has 0 fully saturated rings. The summed E-state index contributed by atoms with van der Waals surface area (Å²) in [6.07, 6.45) is 1.78. The van der Waals surface area contributed by atoms with Crippen LogP contribution in [0.2, 0.25) is 0 Å². The van der Waals surface area contributed by atoms with E-state index in [1.54, 1.807) is 10.7 Å². The maximum Gasteiger partial charge on any atom is 0.160 e. The Hall–Kier alpha value is -2.40. The number of aromatic nitrogens is 3. The third-order valence-electron chi connectivity index (χ3n) is 4.08. The van der Waals surface area contributed by atoms with Crippen LogP contribution in [0.15, 0.2) is 18.3 Å². The Bertz CT molecular complexity index is 853. The molecule has 0 bridgehead atoms. The van der Waals surface area contributed by atoms with Gasteiger partial charge in [-0.15, -0.1) is 0 Å². The van der Waals surface area contributed by atoms with E-state index < -0.39 is 0 Å². The van der Waals surface area contributed by atoms with E-state index in [4.69, 9.17) is 16.5 Å². The van der Waals surface area contributed by atoms with Crippen LogP contribution in [0.1, 0.15) is 27.8 Å². The molecule has 2 heterocycles. The van der Waals surface area contributed by atoms with Gasteiger partial charge in [0.1, 0.15) is 5.82 Å². The summed E-state index contributed by atoms with van der Waals surface area (Å²) in [5.74, 6) is 0.565. The van der Waals surface area contributed by atoms with Crippen molar-refractivity contribution in [2.75, 3.05) is 5.73 Å². The maximum atomic E-state index is 6.29. The van der Waals surface area contributed by atoms with Gasteiger partial charge in [-0.3, -0.25) is 0 Å². The maximum absolute atomic E-state index is 6.29. The van der Waals surface area contributed by atoms with E-state index in [1.165, 1.54) is 16.7 Å². The first-order chi connectivity index (χ1) is 10.4. The normalized spacial score (nSPS) is 11.3. The van der Waals surface area contributed by atoms with Crippen molar-refractivity contribution in [3.63, 3.8) is 0 Å². The monoisotopic (exact) mass is 295 g/mol. The predicted octanol–water partition coefficient (Wildman–Crippen LogP) is 2.67. The molecule has 0 unspecified atom stereocenters. The second-order valence-corrected chi connectivity index (χ2v) is 5.87. The molecular weight excluding hydrogens is 274 g/mol. The van der Waals surface area contributed by atoms with Crippen LogP contribution in [0.5, 0.6) is 0 Å². The average Bonchev–Trinajstić information content (AvgIpc) is 2.80.